The van der Waals surface area contributed by atoms with Gasteiger partial charge in [0.15, 0.2) is 0 Å². The summed E-state index contributed by atoms with van der Waals surface area (Å²) in [5.74, 6) is -0.401. The Labute approximate surface area is 145 Å². The molecule has 0 saturated carbocycles. The van der Waals surface area contributed by atoms with Crippen molar-refractivity contribution >= 4 is 5.91 Å². The van der Waals surface area contributed by atoms with Crippen molar-refractivity contribution in [3.05, 3.63) is 89.4 Å². The average Bonchev–Trinajstić information content (AvgIpc) is 2.64. The summed E-state index contributed by atoms with van der Waals surface area (Å²) >= 11 is 0. The van der Waals surface area contributed by atoms with Gasteiger partial charge in [0, 0.05) is 6.54 Å². The van der Waals surface area contributed by atoms with E-state index in [9.17, 15) is 9.18 Å². The lowest BCUT2D eigenvalue weighted by Gasteiger charge is -2.12. The van der Waals surface area contributed by atoms with Crippen molar-refractivity contribution in [3.8, 4) is 11.6 Å². The third kappa shape index (κ3) is 4.20. The Balaban J connectivity index is 1.81. The molecule has 0 unspecified atom stereocenters. The number of halogens is 1. The number of hydrogen-bond donors (Lipinski definition) is 1. The lowest BCUT2D eigenvalue weighted by Crippen LogP contribution is -2.23. The summed E-state index contributed by atoms with van der Waals surface area (Å²) in [5, 5.41) is 2.76. The summed E-state index contributed by atoms with van der Waals surface area (Å²) in [4.78, 5) is 16.4. The van der Waals surface area contributed by atoms with Gasteiger partial charge in [-0.25, -0.2) is 9.37 Å². The first-order chi connectivity index (χ1) is 12.1. The van der Waals surface area contributed by atoms with Gasteiger partial charge >= 0.3 is 0 Å². The first-order valence-corrected chi connectivity index (χ1v) is 7.84. The van der Waals surface area contributed by atoms with E-state index in [1.54, 1.807) is 6.07 Å². The highest BCUT2D eigenvalue weighted by atomic mass is 19.1. The van der Waals surface area contributed by atoms with E-state index in [-0.39, 0.29) is 11.4 Å². The number of pyridine rings is 1. The molecule has 0 aliphatic carbocycles. The third-order valence-electron chi connectivity index (χ3n) is 3.66. The van der Waals surface area contributed by atoms with Crippen LogP contribution < -0.4 is 10.1 Å². The van der Waals surface area contributed by atoms with Crippen molar-refractivity contribution in [3.63, 3.8) is 0 Å². The highest BCUT2D eigenvalue weighted by molar-refractivity contribution is 5.96. The van der Waals surface area contributed by atoms with Crippen molar-refractivity contribution in [2.24, 2.45) is 0 Å². The summed E-state index contributed by atoms with van der Waals surface area (Å²) in [6.07, 6.45) is 1.03. The lowest BCUT2D eigenvalue weighted by atomic mass is 10.2. The number of hydrogen-bond acceptors (Lipinski definition) is 3. The minimum atomic E-state index is -0.595. The number of aromatic nitrogens is 1. The molecule has 3 rings (SSSR count). The van der Waals surface area contributed by atoms with Crippen LogP contribution in [0.25, 0.3) is 0 Å². The molecule has 2 aromatic carbocycles. The molecule has 5 heteroatoms. The van der Waals surface area contributed by atoms with Gasteiger partial charge in [-0.2, -0.15) is 0 Å². The number of nitrogens with zero attached hydrogens (tertiary/aromatic N) is 1. The van der Waals surface area contributed by atoms with Crippen molar-refractivity contribution in [1.29, 1.82) is 0 Å². The Hall–Kier alpha value is -3.21. The van der Waals surface area contributed by atoms with Crippen LogP contribution in [0.3, 0.4) is 0 Å². The third-order valence-corrected chi connectivity index (χ3v) is 3.66. The monoisotopic (exact) mass is 336 g/mol. The van der Waals surface area contributed by atoms with Gasteiger partial charge in [-0.05, 0) is 30.2 Å². The molecule has 0 fully saturated rings. The van der Waals surface area contributed by atoms with Crippen LogP contribution in [-0.2, 0) is 6.54 Å². The Kier molecular flexibility index (Phi) is 5.04. The standard InChI is InChI=1S/C20H17FN2O2/c1-14-7-5-6-10-18(14)25-20-17(11-16(21)13-23-20)19(24)22-12-15-8-3-2-4-9-15/h2-11,13H,12H2,1H3,(H,22,24). The van der Waals surface area contributed by atoms with Crippen molar-refractivity contribution in [1.82, 2.24) is 10.3 Å². The van der Waals surface area contributed by atoms with E-state index in [1.165, 1.54) is 0 Å². The van der Waals surface area contributed by atoms with Crippen LogP contribution in [0.15, 0.2) is 66.9 Å². The van der Waals surface area contributed by atoms with Gasteiger partial charge in [-0.15, -0.1) is 0 Å². The van der Waals surface area contributed by atoms with E-state index in [1.807, 2.05) is 55.5 Å². The van der Waals surface area contributed by atoms with Crippen LogP contribution in [0.2, 0.25) is 0 Å². The zero-order chi connectivity index (χ0) is 17.6. The van der Waals surface area contributed by atoms with Gasteiger partial charge in [-0.1, -0.05) is 48.5 Å². The highest BCUT2D eigenvalue weighted by Gasteiger charge is 2.16. The molecule has 1 N–H and O–H groups in total. The molecule has 126 valence electrons. The zero-order valence-electron chi connectivity index (χ0n) is 13.7. The fourth-order valence-electron chi connectivity index (χ4n) is 2.32. The van der Waals surface area contributed by atoms with E-state index in [0.29, 0.717) is 12.3 Å². The maximum atomic E-state index is 13.6. The Bertz CT molecular complexity index is 882. The number of para-hydroxylation sites is 1. The summed E-state index contributed by atoms with van der Waals surface area (Å²) in [6, 6.07) is 17.9. The van der Waals surface area contributed by atoms with E-state index in [4.69, 9.17) is 4.74 Å². The molecule has 4 nitrogen and oxygen atoms in total. The summed E-state index contributed by atoms with van der Waals surface area (Å²) in [6.45, 7) is 2.22. The smallest absolute Gasteiger partial charge is 0.257 e. The molecule has 3 aromatic rings. The van der Waals surface area contributed by atoms with Gasteiger partial charge in [0.25, 0.3) is 5.91 Å². The van der Waals surface area contributed by atoms with Crippen molar-refractivity contribution in [2.45, 2.75) is 13.5 Å². The lowest BCUT2D eigenvalue weighted by molar-refractivity contribution is 0.0947. The normalized spacial score (nSPS) is 10.3. The van der Waals surface area contributed by atoms with E-state index < -0.39 is 11.7 Å². The molecule has 25 heavy (non-hydrogen) atoms. The van der Waals surface area contributed by atoms with E-state index in [2.05, 4.69) is 10.3 Å². The molecular formula is C20H17FN2O2. The summed E-state index contributed by atoms with van der Waals surface area (Å²) in [7, 11) is 0. The number of carbonyl (C=O) groups excluding carboxylic acids is 1. The Morgan fingerprint density at radius 2 is 1.84 bits per heavy atom. The molecular weight excluding hydrogens is 319 g/mol. The molecule has 0 aliphatic rings. The number of aryl methyl sites for hydroxylation is 1. The fraction of sp³-hybridized carbons (Fsp3) is 0.100. The molecule has 0 spiro atoms. The number of nitrogens with one attached hydrogen (secondary N) is 1. The summed E-state index contributed by atoms with van der Waals surface area (Å²) < 4.78 is 19.3. The molecule has 0 aliphatic heterocycles. The van der Waals surface area contributed by atoms with Gasteiger partial charge in [-0.3, -0.25) is 4.79 Å². The quantitative estimate of drug-likeness (QED) is 0.758. The highest BCUT2D eigenvalue weighted by Crippen LogP contribution is 2.26. The largest absolute Gasteiger partial charge is 0.438 e. The van der Waals surface area contributed by atoms with Gasteiger partial charge in [0.1, 0.15) is 17.1 Å². The minimum absolute atomic E-state index is 0.0548. The first kappa shape index (κ1) is 16.6. The van der Waals surface area contributed by atoms with Gasteiger partial charge in [0.05, 0.1) is 6.20 Å². The predicted molar refractivity (Wildman–Crippen MR) is 93.1 cm³/mol. The Morgan fingerprint density at radius 1 is 1.12 bits per heavy atom. The molecule has 1 aromatic heterocycles. The van der Waals surface area contributed by atoms with Crippen molar-refractivity contribution < 1.29 is 13.9 Å². The second kappa shape index (κ2) is 7.57. The number of ether oxygens (including phenoxy) is 1. The molecule has 0 saturated heterocycles. The molecule has 0 atom stereocenters. The molecule has 1 heterocycles. The Morgan fingerprint density at radius 3 is 2.60 bits per heavy atom. The van der Waals surface area contributed by atoms with E-state index >= 15 is 0 Å². The van der Waals surface area contributed by atoms with Crippen LogP contribution in [0.1, 0.15) is 21.5 Å². The second-order valence-corrected chi connectivity index (χ2v) is 5.54. The average molecular weight is 336 g/mol. The zero-order valence-corrected chi connectivity index (χ0v) is 13.7. The maximum absolute atomic E-state index is 13.6. The molecule has 0 bridgehead atoms. The van der Waals surface area contributed by atoms with Crippen LogP contribution in [0.5, 0.6) is 11.6 Å². The second-order valence-electron chi connectivity index (χ2n) is 5.54. The van der Waals surface area contributed by atoms with E-state index in [0.717, 1.165) is 23.4 Å². The van der Waals surface area contributed by atoms with Crippen LogP contribution in [-0.4, -0.2) is 10.9 Å². The molecule has 1 amide bonds. The van der Waals surface area contributed by atoms with Crippen LogP contribution >= 0.6 is 0 Å². The number of rotatable bonds is 5. The fourth-order valence-corrected chi connectivity index (χ4v) is 2.32. The minimum Gasteiger partial charge on any atom is -0.438 e. The van der Waals surface area contributed by atoms with Gasteiger partial charge < -0.3 is 10.1 Å². The topological polar surface area (TPSA) is 51.2 Å². The SMILES string of the molecule is Cc1ccccc1Oc1ncc(F)cc1C(=O)NCc1ccccc1. The van der Waals surface area contributed by atoms with Crippen LogP contribution in [0.4, 0.5) is 4.39 Å². The first-order valence-electron chi connectivity index (χ1n) is 7.84. The maximum Gasteiger partial charge on any atom is 0.257 e. The molecule has 0 radical (unpaired) electrons. The number of benzene rings is 2. The van der Waals surface area contributed by atoms with Crippen molar-refractivity contribution in [2.75, 3.05) is 0 Å². The number of carbonyl (C=O) groups is 1. The van der Waals surface area contributed by atoms with Crippen LogP contribution in [0, 0.1) is 12.7 Å². The van der Waals surface area contributed by atoms with Gasteiger partial charge in [0.2, 0.25) is 5.88 Å². The number of amides is 1. The predicted octanol–water partition coefficient (Wildman–Crippen LogP) is 4.25. The summed E-state index contributed by atoms with van der Waals surface area (Å²) in [5.41, 5.74) is 1.89.